The number of furan rings is 1. The van der Waals surface area contributed by atoms with Crippen LogP contribution in [0.15, 0.2) is 52.8 Å². The van der Waals surface area contributed by atoms with E-state index in [9.17, 15) is 9.59 Å². The third-order valence-corrected chi connectivity index (χ3v) is 3.60. The highest BCUT2D eigenvalue weighted by atomic mass is 32.1. The SMILES string of the molecule is Cc1ccccc1N1C(=O)/C(=C/c2ccoc2)C(=O)NC1=S. The zero-order valence-corrected chi connectivity index (χ0v) is 12.5. The monoisotopic (exact) mass is 312 g/mol. The van der Waals surface area contributed by atoms with Crippen LogP contribution >= 0.6 is 12.2 Å². The summed E-state index contributed by atoms with van der Waals surface area (Å²) in [6.45, 7) is 1.88. The molecule has 5 nitrogen and oxygen atoms in total. The summed E-state index contributed by atoms with van der Waals surface area (Å²) in [6.07, 6.45) is 4.41. The highest BCUT2D eigenvalue weighted by Crippen LogP contribution is 2.24. The number of hydrogen-bond donors (Lipinski definition) is 1. The predicted octanol–water partition coefficient (Wildman–Crippen LogP) is 2.42. The third-order valence-electron chi connectivity index (χ3n) is 3.31. The molecule has 1 aromatic carbocycles. The first-order chi connectivity index (χ1) is 10.6. The lowest BCUT2D eigenvalue weighted by Crippen LogP contribution is -2.54. The molecule has 1 aliphatic rings. The van der Waals surface area contributed by atoms with Crippen LogP contribution in [0, 0.1) is 6.92 Å². The van der Waals surface area contributed by atoms with E-state index in [0.717, 1.165) is 5.56 Å². The van der Waals surface area contributed by atoms with Gasteiger partial charge in [0.25, 0.3) is 11.8 Å². The van der Waals surface area contributed by atoms with E-state index < -0.39 is 11.8 Å². The average molecular weight is 312 g/mol. The Bertz CT molecular complexity index is 793. The molecule has 1 aromatic heterocycles. The fourth-order valence-corrected chi connectivity index (χ4v) is 2.49. The number of carbonyl (C=O) groups is 2. The van der Waals surface area contributed by atoms with Gasteiger partial charge in [-0.1, -0.05) is 18.2 Å². The van der Waals surface area contributed by atoms with Gasteiger partial charge in [-0.3, -0.25) is 19.8 Å². The van der Waals surface area contributed by atoms with E-state index in [2.05, 4.69) is 5.32 Å². The van der Waals surface area contributed by atoms with E-state index in [1.807, 2.05) is 25.1 Å². The second-order valence-electron chi connectivity index (χ2n) is 4.80. The van der Waals surface area contributed by atoms with Crippen molar-refractivity contribution in [2.45, 2.75) is 6.92 Å². The maximum atomic E-state index is 12.7. The Morgan fingerprint density at radius 2 is 2.00 bits per heavy atom. The van der Waals surface area contributed by atoms with Gasteiger partial charge in [-0.2, -0.15) is 0 Å². The van der Waals surface area contributed by atoms with Crippen LogP contribution < -0.4 is 10.2 Å². The Morgan fingerprint density at radius 1 is 1.23 bits per heavy atom. The second-order valence-corrected chi connectivity index (χ2v) is 5.19. The fraction of sp³-hybridized carbons (Fsp3) is 0.0625. The minimum Gasteiger partial charge on any atom is -0.472 e. The summed E-state index contributed by atoms with van der Waals surface area (Å²) in [4.78, 5) is 26.1. The lowest BCUT2D eigenvalue weighted by Gasteiger charge is -2.29. The van der Waals surface area contributed by atoms with Gasteiger partial charge in [0.1, 0.15) is 5.57 Å². The molecule has 1 N–H and O–H groups in total. The molecule has 6 heteroatoms. The van der Waals surface area contributed by atoms with E-state index in [-0.39, 0.29) is 10.7 Å². The number of benzene rings is 1. The van der Waals surface area contributed by atoms with Crippen molar-refractivity contribution in [1.82, 2.24) is 5.32 Å². The maximum Gasteiger partial charge on any atom is 0.270 e. The van der Waals surface area contributed by atoms with Crippen LogP contribution in [0.4, 0.5) is 5.69 Å². The summed E-state index contributed by atoms with van der Waals surface area (Å²) >= 11 is 5.15. The smallest absolute Gasteiger partial charge is 0.270 e. The van der Waals surface area contributed by atoms with E-state index >= 15 is 0 Å². The fourth-order valence-electron chi connectivity index (χ4n) is 2.21. The van der Waals surface area contributed by atoms with Crippen molar-refractivity contribution >= 4 is 40.9 Å². The van der Waals surface area contributed by atoms with Crippen LogP contribution in [0.1, 0.15) is 11.1 Å². The van der Waals surface area contributed by atoms with Crippen LogP contribution in [-0.2, 0) is 9.59 Å². The molecule has 2 heterocycles. The molecule has 0 bridgehead atoms. The molecular formula is C16H12N2O3S. The Kier molecular flexibility index (Phi) is 3.60. The number of hydrogen-bond acceptors (Lipinski definition) is 4. The van der Waals surface area contributed by atoms with Crippen molar-refractivity contribution in [3.63, 3.8) is 0 Å². The van der Waals surface area contributed by atoms with Crippen LogP contribution in [0.3, 0.4) is 0 Å². The van der Waals surface area contributed by atoms with Gasteiger partial charge in [0.05, 0.1) is 18.2 Å². The molecule has 0 aliphatic carbocycles. The summed E-state index contributed by atoms with van der Waals surface area (Å²) in [7, 11) is 0. The lowest BCUT2D eigenvalue weighted by atomic mass is 10.1. The van der Waals surface area contributed by atoms with Gasteiger partial charge >= 0.3 is 0 Å². The normalized spacial score (nSPS) is 17.0. The summed E-state index contributed by atoms with van der Waals surface area (Å²) in [5, 5.41) is 2.62. The van der Waals surface area contributed by atoms with Gasteiger partial charge in [0.15, 0.2) is 5.11 Å². The zero-order chi connectivity index (χ0) is 15.7. The number of nitrogens with one attached hydrogen (secondary N) is 1. The van der Waals surface area contributed by atoms with Gasteiger partial charge in [-0.05, 0) is 42.9 Å². The van der Waals surface area contributed by atoms with E-state index in [0.29, 0.717) is 11.3 Å². The highest BCUT2D eigenvalue weighted by molar-refractivity contribution is 7.80. The number of nitrogens with zero attached hydrogens (tertiary/aromatic N) is 1. The van der Waals surface area contributed by atoms with Gasteiger partial charge in [0.2, 0.25) is 0 Å². The van der Waals surface area contributed by atoms with Crippen LogP contribution in [0.2, 0.25) is 0 Å². The van der Waals surface area contributed by atoms with Crippen LogP contribution in [0.5, 0.6) is 0 Å². The largest absolute Gasteiger partial charge is 0.472 e. The average Bonchev–Trinajstić information content (AvgIpc) is 2.98. The Balaban J connectivity index is 2.05. The third kappa shape index (κ3) is 2.44. The van der Waals surface area contributed by atoms with Crippen LogP contribution in [0.25, 0.3) is 6.08 Å². The second kappa shape index (κ2) is 5.57. The van der Waals surface area contributed by atoms with Crippen LogP contribution in [-0.4, -0.2) is 16.9 Å². The minimum absolute atomic E-state index is 0.0123. The Labute approximate surface area is 132 Å². The molecule has 2 aromatic rings. The molecule has 2 amide bonds. The number of thiocarbonyl (C=S) groups is 1. The lowest BCUT2D eigenvalue weighted by molar-refractivity contribution is -0.122. The van der Waals surface area contributed by atoms with Gasteiger partial charge in [-0.25, -0.2) is 0 Å². The molecular weight excluding hydrogens is 300 g/mol. The topological polar surface area (TPSA) is 62.6 Å². The van der Waals surface area contributed by atoms with E-state index in [4.69, 9.17) is 16.6 Å². The van der Waals surface area contributed by atoms with Crippen molar-refractivity contribution in [3.8, 4) is 0 Å². The number of para-hydroxylation sites is 1. The quantitative estimate of drug-likeness (QED) is 0.525. The number of aryl methyl sites for hydroxylation is 1. The first kappa shape index (κ1) is 14.2. The summed E-state index contributed by atoms with van der Waals surface area (Å²) < 4.78 is 4.95. The molecule has 0 saturated carbocycles. The molecule has 3 rings (SSSR count). The molecule has 1 fully saturated rings. The van der Waals surface area contributed by atoms with Crippen molar-refractivity contribution in [2.75, 3.05) is 4.90 Å². The molecule has 0 atom stereocenters. The molecule has 110 valence electrons. The van der Waals surface area contributed by atoms with Gasteiger partial charge < -0.3 is 4.42 Å². The molecule has 0 spiro atoms. The van der Waals surface area contributed by atoms with Gasteiger partial charge in [0, 0.05) is 5.56 Å². The number of rotatable bonds is 2. The molecule has 1 aliphatic heterocycles. The molecule has 1 saturated heterocycles. The summed E-state index contributed by atoms with van der Waals surface area (Å²) in [6, 6.07) is 9.01. The van der Waals surface area contributed by atoms with Crippen molar-refractivity contribution in [3.05, 3.63) is 59.6 Å². The highest BCUT2D eigenvalue weighted by Gasteiger charge is 2.34. The van der Waals surface area contributed by atoms with Crippen molar-refractivity contribution in [1.29, 1.82) is 0 Å². The maximum absolute atomic E-state index is 12.7. The van der Waals surface area contributed by atoms with E-state index in [1.165, 1.54) is 23.5 Å². The summed E-state index contributed by atoms with van der Waals surface area (Å²) in [5.41, 5.74) is 2.18. The first-order valence-electron chi connectivity index (χ1n) is 6.57. The first-order valence-corrected chi connectivity index (χ1v) is 6.98. The predicted molar refractivity (Wildman–Crippen MR) is 86.1 cm³/mol. The minimum atomic E-state index is -0.513. The molecule has 22 heavy (non-hydrogen) atoms. The number of anilines is 1. The molecule has 0 radical (unpaired) electrons. The molecule has 0 unspecified atom stereocenters. The van der Waals surface area contributed by atoms with E-state index in [1.54, 1.807) is 12.1 Å². The summed E-state index contributed by atoms with van der Waals surface area (Å²) in [5.74, 6) is -0.967. The van der Waals surface area contributed by atoms with Gasteiger partial charge in [-0.15, -0.1) is 0 Å². The standard InChI is InChI=1S/C16H12N2O3S/c1-10-4-2-3-5-13(10)18-15(20)12(14(19)17-16(18)22)8-11-6-7-21-9-11/h2-9H,1H3,(H,17,19,22)/b12-8+. The zero-order valence-electron chi connectivity index (χ0n) is 11.7. The van der Waals surface area contributed by atoms with Crippen molar-refractivity contribution < 1.29 is 14.0 Å². The van der Waals surface area contributed by atoms with Crippen molar-refractivity contribution in [2.24, 2.45) is 0 Å². The Hall–Kier alpha value is -2.73. The Morgan fingerprint density at radius 3 is 2.68 bits per heavy atom. The number of amides is 2. The number of carbonyl (C=O) groups excluding carboxylic acids is 2.